The third-order valence-electron chi connectivity index (χ3n) is 2.45. The molecule has 3 nitrogen and oxygen atoms in total. The summed E-state index contributed by atoms with van der Waals surface area (Å²) in [5, 5.41) is 9.92. The van der Waals surface area contributed by atoms with Crippen LogP contribution in [-0.4, -0.2) is 16.1 Å². The molecule has 1 N–H and O–H groups in total. The van der Waals surface area contributed by atoms with E-state index in [1.165, 1.54) is 12.1 Å². The first kappa shape index (κ1) is 13.1. The Morgan fingerprint density at radius 2 is 1.94 bits per heavy atom. The number of rotatable bonds is 3. The number of carboxylic acids is 1. The monoisotopic (exact) mass is 325 g/mol. The van der Waals surface area contributed by atoms with Gasteiger partial charge in [-0.05, 0) is 17.7 Å². The van der Waals surface area contributed by atoms with Crippen LogP contribution in [-0.2, 0) is 5.33 Å². The van der Waals surface area contributed by atoms with Gasteiger partial charge < -0.3 is 5.11 Å². The molecule has 0 radical (unpaired) electrons. The molecule has 0 fully saturated rings. The maximum absolute atomic E-state index is 10.9. The number of pyridine rings is 1. The molecule has 0 unspecified atom stereocenters. The van der Waals surface area contributed by atoms with Gasteiger partial charge in [0, 0.05) is 10.9 Å². The second kappa shape index (κ2) is 5.50. The van der Waals surface area contributed by atoms with Crippen molar-refractivity contribution in [1.29, 1.82) is 0 Å². The van der Waals surface area contributed by atoms with E-state index in [1.54, 1.807) is 0 Å². The molecule has 1 aromatic carbocycles. The van der Waals surface area contributed by atoms with Gasteiger partial charge in [0.25, 0.3) is 0 Å². The van der Waals surface area contributed by atoms with Crippen molar-refractivity contribution in [3.8, 4) is 11.3 Å². The summed E-state index contributed by atoms with van der Waals surface area (Å²) < 4.78 is 0. The van der Waals surface area contributed by atoms with Crippen LogP contribution in [0.5, 0.6) is 0 Å². The predicted octanol–water partition coefficient (Wildman–Crippen LogP) is 4.00. The number of hydrogen-bond donors (Lipinski definition) is 1. The number of aromatic carboxylic acids is 1. The predicted molar refractivity (Wildman–Crippen MR) is 74.3 cm³/mol. The minimum Gasteiger partial charge on any atom is -0.478 e. The fraction of sp³-hybridized carbons (Fsp3) is 0.0769. The van der Waals surface area contributed by atoms with Crippen LogP contribution in [0.2, 0.25) is 5.15 Å². The maximum atomic E-state index is 10.9. The van der Waals surface area contributed by atoms with Gasteiger partial charge in [0.05, 0.1) is 11.3 Å². The van der Waals surface area contributed by atoms with Gasteiger partial charge in [-0.25, -0.2) is 9.78 Å². The Kier molecular flexibility index (Phi) is 3.99. The third kappa shape index (κ3) is 2.89. The third-order valence-corrected chi connectivity index (χ3v) is 3.29. The largest absolute Gasteiger partial charge is 0.478 e. The summed E-state index contributed by atoms with van der Waals surface area (Å²) >= 11 is 9.19. The van der Waals surface area contributed by atoms with Crippen molar-refractivity contribution in [2.75, 3.05) is 0 Å². The lowest BCUT2D eigenvalue weighted by atomic mass is 10.1. The zero-order chi connectivity index (χ0) is 13.1. The van der Waals surface area contributed by atoms with E-state index in [9.17, 15) is 4.79 Å². The molecule has 18 heavy (non-hydrogen) atoms. The topological polar surface area (TPSA) is 50.2 Å². The molecule has 0 aliphatic carbocycles. The summed E-state index contributed by atoms with van der Waals surface area (Å²) in [6, 6.07) is 10.5. The summed E-state index contributed by atoms with van der Waals surface area (Å²) in [5.74, 6) is -1.02. The molecule has 1 aromatic heterocycles. The van der Waals surface area contributed by atoms with Crippen LogP contribution >= 0.6 is 27.5 Å². The van der Waals surface area contributed by atoms with Crippen molar-refractivity contribution in [2.45, 2.75) is 5.33 Å². The van der Waals surface area contributed by atoms with Gasteiger partial charge in [-0.1, -0.05) is 51.8 Å². The second-order valence-electron chi connectivity index (χ2n) is 3.70. The second-order valence-corrected chi connectivity index (χ2v) is 4.65. The summed E-state index contributed by atoms with van der Waals surface area (Å²) in [6.07, 6.45) is 0. The smallest absolute Gasteiger partial charge is 0.335 e. The molecule has 0 saturated heterocycles. The highest BCUT2D eigenvalue weighted by Crippen LogP contribution is 2.22. The molecule has 0 atom stereocenters. The fourth-order valence-corrected chi connectivity index (χ4v) is 2.12. The average Bonchev–Trinajstić information content (AvgIpc) is 2.38. The van der Waals surface area contributed by atoms with Gasteiger partial charge in [0.2, 0.25) is 0 Å². The van der Waals surface area contributed by atoms with Gasteiger partial charge in [0.1, 0.15) is 5.15 Å². The zero-order valence-electron chi connectivity index (χ0n) is 9.23. The van der Waals surface area contributed by atoms with E-state index in [2.05, 4.69) is 20.9 Å². The average molecular weight is 327 g/mol. The van der Waals surface area contributed by atoms with Crippen molar-refractivity contribution < 1.29 is 9.90 Å². The number of carboxylic acid groups (broad SMARTS) is 1. The van der Waals surface area contributed by atoms with Gasteiger partial charge in [-0.15, -0.1) is 0 Å². The van der Waals surface area contributed by atoms with Gasteiger partial charge in [-0.2, -0.15) is 0 Å². The van der Waals surface area contributed by atoms with Crippen LogP contribution in [0.25, 0.3) is 11.3 Å². The van der Waals surface area contributed by atoms with Crippen molar-refractivity contribution >= 4 is 33.5 Å². The van der Waals surface area contributed by atoms with Crippen LogP contribution < -0.4 is 0 Å². The van der Waals surface area contributed by atoms with Crippen LogP contribution in [0, 0.1) is 0 Å². The van der Waals surface area contributed by atoms with Crippen molar-refractivity contribution in [2.24, 2.45) is 0 Å². The molecule has 5 heteroatoms. The molecule has 0 spiro atoms. The molecular formula is C13H9BrClNO2. The van der Waals surface area contributed by atoms with Crippen molar-refractivity contribution in [3.63, 3.8) is 0 Å². The van der Waals surface area contributed by atoms with E-state index < -0.39 is 5.97 Å². The number of hydrogen-bond acceptors (Lipinski definition) is 2. The molecule has 0 saturated carbocycles. The van der Waals surface area contributed by atoms with Gasteiger partial charge >= 0.3 is 5.97 Å². The minimum atomic E-state index is -1.02. The molecule has 0 aliphatic rings. The van der Waals surface area contributed by atoms with Crippen LogP contribution in [0.15, 0.2) is 36.4 Å². The number of carbonyl (C=O) groups is 1. The van der Waals surface area contributed by atoms with Gasteiger partial charge in [-0.3, -0.25) is 0 Å². The number of nitrogens with zero attached hydrogens (tertiary/aromatic N) is 1. The zero-order valence-corrected chi connectivity index (χ0v) is 11.6. The van der Waals surface area contributed by atoms with E-state index in [1.807, 2.05) is 24.3 Å². The lowest BCUT2D eigenvalue weighted by Crippen LogP contribution is -1.98. The quantitative estimate of drug-likeness (QED) is 0.685. The first-order valence-electron chi connectivity index (χ1n) is 5.16. The fourth-order valence-electron chi connectivity index (χ4n) is 1.53. The lowest BCUT2D eigenvalue weighted by molar-refractivity contribution is 0.0697. The summed E-state index contributed by atoms with van der Waals surface area (Å²) in [7, 11) is 0. The van der Waals surface area contributed by atoms with Crippen LogP contribution in [0.4, 0.5) is 0 Å². The first-order chi connectivity index (χ1) is 8.60. The van der Waals surface area contributed by atoms with E-state index >= 15 is 0 Å². The summed E-state index contributed by atoms with van der Waals surface area (Å²) in [5.41, 5.74) is 2.67. The van der Waals surface area contributed by atoms with Crippen molar-refractivity contribution in [3.05, 3.63) is 52.7 Å². The molecule has 0 aliphatic heterocycles. The summed E-state index contributed by atoms with van der Waals surface area (Å²) in [4.78, 5) is 15.1. The molecule has 0 bridgehead atoms. The molecular weight excluding hydrogens is 318 g/mol. The number of benzene rings is 1. The first-order valence-corrected chi connectivity index (χ1v) is 6.66. The molecule has 2 rings (SSSR count). The molecule has 0 amide bonds. The lowest BCUT2D eigenvalue weighted by Gasteiger charge is -2.04. The Morgan fingerprint density at radius 1 is 1.28 bits per heavy atom. The summed E-state index contributed by atoms with van der Waals surface area (Å²) in [6.45, 7) is 0. The van der Waals surface area contributed by atoms with Crippen LogP contribution in [0.3, 0.4) is 0 Å². The Hall–Kier alpha value is -1.39. The van der Waals surface area contributed by atoms with Gasteiger partial charge in [0.15, 0.2) is 0 Å². The Labute approximate surface area is 118 Å². The normalized spacial score (nSPS) is 10.3. The highest BCUT2D eigenvalue weighted by atomic mass is 79.9. The standard InChI is InChI=1S/C13H9BrClNO2/c14-7-8-1-3-9(4-2-8)11-5-10(13(17)18)6-12(15)16-11/h1-6H,7H2,(H,17,18). The Balaban J connectivity index is 2.46. The highest BCUT2D eigenvalue weighted by Gasteiger charge is 2.08. The van der Waals surface area contributed by atoms with E-state index in [-0.39, 0.29) is 10.7 Å². The molecule has 2 aromatic rings. The Bertz CT molecular complexity index is 584. The maximum Gasteiger partial charge on any atom is 0.335 e. The molecule has 1 heterocycles. The Morgan fingerprint density at radius 3 is 2.50 bits per heavy atom. The highest BCUT2D eigenvalue weighted by molar-refractivity contribution is 9.08. The minimum absolute atomic E-state index is 0.134. The number of alkyl halides is 1. The van der Waals surface area contributed by atoms with E-state index in [0.29, 0.717) is 5.69 Å². The van der Waals surface area contributed by atoms with E-state index in [0.717, 1.165) is 16.5 Å². The van der Waals surface area contributed by atoms with Crippen molar-refractivity contribution in [1.82, 2.24) is 4.98 Å². The number of halogens is 2. The number of aromatic nitrogens is 1. The molecule has 92 valence electrons. The van der Waals surface area contributed by atoms with E-state index in [4.69, 9.17) is 16.7 Å². The SMILES string of the molecule is O=C(O)c1cc(Cl)nc(-c2ccc(CBr)cc2)c1. The van der Waals surface area contributed by atoms with Crippen LogP contribution in [0.1, 0.15) is 15.9 Å².